The third-order valence-corrected chi connectivity index (χ3v) is 3.62. The molecule has 1 aromatic heterocycles. The molecule has 2 atom stereocenters. The van der Waals surface area contributed by atoms with Crippen LogP contribution in [-0.4, -0.2) is 15.9 Å². The van der Waals surface area contributed by atoms with Crippen LogP contribution in [0.3, 0.4) is 0 Å². The zero-order chi connectivity index (χ0) is 14.9. The Morgan fingerprint density at radius 1 is 1.25 bits per heavy atom. The van der Waals surface area contributed by atoms with Crippen LogP contribution < -0.4 is 5.73 Å². The maximum absolute atomic E-state index is 11.1. The fourth-order valence-corrected chi connectivity index (χ4v) is 2.87. The fourth-order valence-electron chi connectivity index (χ4n) is 2.87. The Balaban J connectivity index is 2.73. The summed E-state index contributed by atoms with van der Waals surface area (Å²) in [5, 5.41) is 11.9. The van der Waals surface area contributed by atoms with E-state index in [0.29, 0.717) is 11.4 Å². The van der Waals surface area contributed by atoms with E-state index >= 15 is 0 Å². The number of benzene rings is 1. The van der Waals surface area contributed by atoms with Crippen LogP contribution in [0.1, 0.15) is 32.3 Å². The van der Waals surface area contributed by atoms with Gasteiger partial charge >= 0.3 is 0 Å². The molecule has 0 aliphatic rings. The molecule has 0 fully saturated rings. The smallest absolute Gasteiger partial charge is 0.295 e. The predicted molar refractivity (Wildman–Crippen MR) is 79.6 cm³/mol. The van der Waals surface area contributed by atoms with E-state index in [1.54, 1.807) is 12.3 Å². The van der Waals surface area contributed by atoms with Gasteiger partial charge in [0.15, 0.2) is 0 Å². The molecule has 0 saturated heterocycles. The van der Waals surface area contributed by atoms with E-state index in [1.165, 1.54) is 6.07 Å². The van der Waals surface area contributed by atoms with Gasteiger partial charge in [-0.3, -0.25) is 10.1 Å². The zero-order valence-electron chi connectivity index (χ0n) is 11.9. The fraction of sp³-hybridized carbons (Fsp3) is 0.400. The number of nitrogens with two attached hydrogens (primary N) is 1. The lowest BCUT2D eigenvalue weighted by Crippen LogP contribution is -2.28. The van der Waals surface area contributed by atoms with Crippen molar-refractivity contribution in [1.29, 1.82) is 0 Å². The number of aromatic nitrogens is 1. The maximum atomic E-state index is 11.1. The van der Waals surface area contributed by atoms with Gasteiger partial charge in [0.1, 0.15) is 5.52 Å². The average Bonchev–Trinajstić information content (AvgIpc) is 2.37. The Bertz CT molecular complexity index is 630. The number of non-ortho nitro benzene ring substituents is 1. The molecular weight excluding hydrogens is 254 g/mol. The van der Waals surface area contributed by atoms with E-state index in [1.807, 2.05) is 19.1 Å². The first kappa shape index (κ1) is 14.4. The molecule has 20 heavy (non-hydrogen) atoms. The Hall–Kier alpha value is -2.01. The lowest BCUT2D eigenvalue weighted by atomic mass is 9.81. The van der Waals surface area contributed by atoms with Crippen LogP contribution >= 0.6 is 0 Å². The van der Waals surface area contributed by atoms with Crippen LogP contribution in [0, 0.1) is 16.0 Å². The van der Waals surface area contributed by atoms with Crippen LogP contribution in [0.2, 0.25) is 0 Å². The molecule has 0 aliphatic heterocycles. The van der Waals surface area contributed by atoms with Crippen molar-refractivity contribution < 1.29 is 4.92 Å². The molecule has 2 unspecified atom stereocenters. The molecule has 0 spiro atoms. The number of rotatable bonds is 4. The first-order valence-corrected chi connectivity index (χ1v) is 6.71. The number of nitro benzene ring substituents is 1. The lowest BCUT2D eigenvalue weighted by molar-refractivity contribution is -0.383. The summed E-state index contributed by atoms with van der Waals surface area (Å²) in [7, 11) is 0. The van der Waals surface area contributed by atoms with Gasteiger partial charge < -0.3 is 5.73 Å². The minimum Gasteiger partial charge on any atom is -0.327 e. The highest BCUT2D eigenvalue weighted by Crippen LogP contribution is 2.35. The lowest BCUT2D eigenvalue weighted by Gasteiger charge is -2.26. The summed E-state index contributed by atoms with van der Waals surface area (Å²) in [5.74, 6) is 0.488. The molecule has 106 valence electrons. The minimum absolute atomic E-state index is 0.0279. The van der Waals surface area contributed by atoms with Crippen molar-refractivity contribution in [2.45, 2.75) is 32.7 Å². The molecule has 0 amide bonds. The molecule has 0 aliphatic carbocycles. The van der Waals surface area contributed by atoms with E-state index in [0.717, 1.165) is 10.9 Å². The molecule has 0 bridgehead atoms. The number of fused-ring (bicyclic) bond motifs is 1. The topological polar surface area (TPSA) is 82.0 Å². The molecule has 2 aromatic rings. The number of nitro groups is 1. The van der Waals surface area contributed by atoms with Crippen molar-refractivity contribution in [3.8, 4) is 0 Å². The second kappa shape index (κ2) is 5.54. The molecule has 5 nitrogen and oxygen atoms in total. The van der Waals surface area contributed by atoms with E-state index in [2.05, 4.69) is 18.8 Å². The van der Waals surface area contributed by atoms with Crippen molar-refractivity contribution in [1.82, 2.24) is 4.98 Å². The molecular formula is C15H19N3O2. The van der Waals surface area contributed by atoms with Crippen molar-refractivity contribution in [2.24, 2.45) is 11.7 Å². The Morgan fingerprint density at radius 3 is 2.50 bits per heavy atom. The van der Waals surface area contributed by atoms with Gasteiger partial charge in [-0.25, -0.2) is 4.98 Å². The van der Waals surface area contributed by atoms with Crippen molar-refractivity contribution >= 4 is 16.6 Å². The molecule has 1 aromatic carbocycles. The quantitative estimate of drug-likeness (QED) is 0.684. The number of nitrogens with zero attached hydrogens (tertiary/aromatic N) is 2. The van der Waals surface area contributed by atoms with Gasteiger partial charge in [0.25, 0.3) is 5.69 Å². The normalized spacial score (nSPS) is 14.4. The first-order valence-electron chi connectivity index (χ1n) is 6.71. The van der Waals surface area contributed by atoms with Gasteiger partial charge in [0.05, 0.1) is 4.92 Å². The summed E-state index contributed by atoms with van der Waals surface area (Å²) in [4.78, 5) is 14.9. The largest absolute Gasteiger partial charge is 0.327 e. The highest BCUT2D eigenvalue weighted by atomic mass is 16.6. The monoisotopic (exact) mass is 273 g/mol. The molecule has 1 heterocycles. The zero-order valence-corrected chi connectivity index (χ0v) is 11.9. The Kier molecular flexibility index (Phi) is 3.99. The summed E-state index contributed by atoms with van der Waals surface area (Å²) in [5.41, 5.74) is 7.61. The summed E-state index contributed by atoms with van der Waals surface area (Å²) in [6.07, 6.45) is 1.58. The van der Waals surface area contributed by atoms with Gasteiger partial charge in [-0.15, -0.1) is 0 Å². The van der Waals surface area contributed by atoms with E-state index < -0.39 is 4.92 Å². The molecule has 0 radical (unpaired) electrons. The number of pyridine rings is 1. The molecule has 2 rings (SSSR count). The van der Waals surface area contributed by atoms with E-state index in [4.69, 9.17) is 5.73 Å². The summed E-state index contributed by atoms with van der Waals surface area (Å²) >= 11 is 0. The van der Waals surface area contributed by atoms with Crippen LogP contribution in [0.5, 0.6) is 0 Å². The van der Waals surface area contributed by atoms with Crippen LogP contribution in [0.25, 0.3) is 10.9 Å². The Morgan fingerprint density at radius 2 is 1.95 bits per heavy atom. The third-order valence-electron chi connectivity index (χ3n) is 3.62. The number of hydrogen-bond donors (Lipinski definition) is 1. The van der Waals surface area contributed by atoms with E-state index in [9.17, 15) is 10.1 Å². The second-order valence-electron chi connectivity index (χ2n) is 5.46. The number of hydrogen-bond acceptors (Lipinski definition) is 4. The van der Waals surface area contributed by atoms with Crippen molar-refractivity contribution in [3.63, 3.8) is 0 Å². The van der Waals surface area contributed by atoms with Gasteiger partial charge in [-0.1, -0.05) is 26.0 Å². The van der Waals surface area contributed by atoms with Crippen molar-refractivity contribution in [3.05, 3.63) is 46.1 Å². The summed E-state index contributed by atoms with van der Waals surface area (Å²) in [6, 6.07) is 7.00. The maximum Gasteiger partial charge on any atom is 0.295 e. The SMILES string of the molecule is CC(C)C(c1ccc([N+](=O)[O-])c2ncccc12)C(C)N. The summed E-state index contributed by atoms with van der Waals surface area (Å²) in [6.45, 7) is 6.18. The molecule has 2 N–H and O–H groups in total. The van der Waals surface area contributed by atoms with Crippen LogP contribution in [-0.2, 0) is 0 Å². The van der Waals surface area contributed by atoms with Gasteiger partial charge in [0.2, 0.25) is 0 Å². The predicted octanol–water partition coefficient (Wildman–Crippen LogP) is 3.23. The molecule has 0 saturated carbocycles. The highest BCUT2D eigenvalue weighted by Gasteiger charge is 2.25. The Labute approximate surface area is 118 Å². The summed E-state index contributed by atoms with van der Waals surface area (Å²) < 4.78 is 0. The highest BCUT2D eigenvalue weighted by molar-refractivity contribution is 5.90. The van der Waals surface area contributed by atoms with Crippen LogP contribution in [0.4, 0.5) is 5.69 Å². The minimum atomic E-state index is -0.393. The van der Waals surface area contributed by atoms with Gasteiger partial charge in [0, 0.05) is 29.6 Å². The van der Waals surface area contributed by atoms with Crippen LogP contribution in [0.15, 0.2) is 30.5 Å². The second-order valence-corrected chi connectivity index (χ2v) is 5.46. The first-order chi connectivity index (χ1) is 9.43. The van der Waals surface area contributed by atoms with Crippen molar-refractivity contribution in [2.75, 3.05) is 0 Å². The standard InChI is InChI=1S/C15H19N3O2/c1-9(2)14(10(3)16)11-6-7-13(18(19)20)15-12(11)5-4-8-17-15/h4-10,14H,16H2,1-3H3. The van der Waals surface area contributed by atoms with Gasteiger partial charge in [-0.2, -0.15) is 0 Å². The third kappa shape index (κ3) is 2.49. The van der Waals surface area contributed by atoms with Gasteiger partial charge in [-0.05, 0) is 24.5 Å². The molecule has 5 heteroatoms. The average molecular weight is 273 g/mol. The van der Waals surface area contributed by atoms with E-state index in [-0.39, 0.29) is 17.6 Å².